The topological polar surface area (TPSA) is 12.9 Å². The summed E-state index contributed by atoms with van der Waals surface area (Å²) in [4.78, 5) is 2.91. The average molecular weight is 331 g/mol. The van der Waals surface area contributed by atoms with Crippen LogP contribution in [0.25, 0.3) is 11.3 Å². The van der Waals surface area contributed by atoms with Gasteiger partial charge in [-0.1, -0.05) is 0 Å². The molecule has 2 aromatic rings. The van der Waals surface area contributed by atoms with Crippen LogP contribution < -0.4 is 0 Å². The number of alkyl halides is 3. The van der Waals surface area contributed by atoms with Gasteiger partial charge in [-0.3, -0.25) is 4.98 Å². The second kappa shape index (κ2) is 5.18. The van der Waals surface area contributed by atoms with E-state index in [-0.39, 0.29) is 6.07 Å². The van der Waals surface area contributed by atoms with Crippen LogP contribution in [-0.2, 0) is 6.18 Å². The third kappa shape index (κ3) is 2.38. The Bertz CT molecular complexity index is 722. The molecule has 22 heavy (non-hydrogen) atoms. The van der Waals surface area contributed by atoms with Gasteiger partial charge in [-0.2, -0.15) is 13.2 Å². The molecule has 0 aliphatic carbocycles. The molecule has 118 valence electrons. The minimum atomic E-state index is -5.46. The van der Waals surface area contributed by atoms with Gasteiger partial charge in [0.15, 0.2) is 23.3 Å². The lowest BCUT2D eigenvalue weighted by Gasteiger charge is -2.14. The number of pyridine rings is 1. The van der Waals surface area contributed by atoms with E-state index < -0.39 is 57.9 Å². The molecule has 1 heterocycles. The fourth-order valence-corrected chi connectivity index (χ4v) is 1.71. The van der Waals surface area contributed by atoms with Crippen molar-refractivity contribution in [3.63, 3.8) is 0 Å². The van der Waals surface area contributed by atoms with Crippen LogP contribution in [-0.4, -0.2) is 4.98 Å². The smallest absolute Gasteiger partial charge is 0.255 e. The van der Waals surface area contributed by atoms with Crippen LogP contribution in [0.1, 0.15) is 5.56 Å². The van der Waals surface area contributed by atoms with Gasteiger partial charge in [-0.25, -0.2) is 26.3 Å². The molecular weight excluding hydrogens is 329 g/mol. The van der Waals surface area contributed by atoms with Gasteiger partial charge in [0.2, 0.25) is 5.82 Å². The van der Waals surface area contributed by atoms with E-state index in [2.05, 4.69) is 4.98 Å². The molecule has 0 unspecified atom stereocenters. The van der Waals surface area contributed by atoms with Crippen molar-refractivity contribution in [2.75, 3.05) is 0 Å². The quantitative estimate of drug-likeness (QED) is 0.423. The summed E-state index contributed by atoms with van der Waals surface area (Å²) in [5, 5.41) is 0. The van der Waals surface area contributed by atoms with Gasteiger partial charge >= 0.3 is 6.18 Å². The predicted octanol–water partition coefficient (Wildman–Crippen LogP) is 4.60. The van der Waals surface area contributed by atoms with Crippen LogP contribution in [0.15, 0.2) is 12.3 Å². The fraction of sp³-hybridized carbons (Fsp3) is 0.0833. The summed E-state index contributed by atoms with van der Waals surface area (Å²) in [6.45, 7) is 0. The van der Waals surface area contributed by atoms with Gasteiger partial charge in [0.1, 0.15) is 11.4 Å². The van der Waals surface area contributed by atoms with Crippen LogP contribution in [0.3, 0.4) is 0 Å². The maximum Gasteiger partial charge on any atom is 0.421 e. The summed E-state index contributed by atoms with van der Waals surface area (Å²) in [6.07, 6.45) is -5.06. The van der Waals surface area contributed by atoms with Crippen LogP contribution in [0, 0.1) is 34.9 Å². The van der Waals surface area contributed by atoms with Gasteiger partial charge in [0, 0.05) is 6.20 Å². The Kier molecular flexibility index (Phi) is 3.80. The number of hydrogen-bond acceptors (Lipinski definition) is 1. The Hall–Kier alpha value is -2.26. The minimum Gasteiger partial charge on any atom is -0.255 e. The summed E-state index contributed by atoms with van der Waals surface area (Å²) in [6, 6.07) is 0.234. The van der Waals surface area contributed by atoms with Crippen molar-refractivity contribution in [3.8, 4) is 11.3 Å². The standard InChI is InChI=1S/C12H2F9N/c13-3-1-2-22-11(5(3)12(19,20)21)4-6(14)8(16)10(18)9(17)7(4)15/h1-2H. The molecule has 0 bridgehead atoms. The SMILES string of the molecule is Fc1ccnc(-c2c(F)c(F)c(F)c(F)c2F)c1C(F)(F)F. The summed E-state index contributed by atoms with van der Waals surface area (Å²) in [7, 11) is 0. The van der Waals surface area contributed by atoms with Crippen molar-refractivity contribution < 1.29 is 39.5 Å². The first-order valence-electron chi connectivity index (χ1n) is 5.30. The fourth-order valence-electron chi connectivity index (χ4n) is 1.71. The maximum atomic E-state index is 13.5. The molecule has 0 amide bonds. The molecule has 0 aliphatic heterocycles. The summed E-state index contributed by atoms with van der Waals surface area (Å²) >= 11 is 0. The Morgan fingerprint density at radius 2 is 1.18 bits per heavy atom. The van der Waals surface area contributed by atoms with Crippen LogP contribution in [0.5, 0.6) is 0 Å². The zero-order chi connectivity index (χ0) is 16.8. The van der Waals surface area contributed by atoms with Gasteiger partial charge in [0.05, 0.1) is 11.3 Å². The highest BCUT2D eigenvalue weighted by Crippen LogP contribution is 2.40. The van der Waals surface area contributed by atoms with Gasteiger partial charge in [0.25, 0.3) is 0 Å². The number of rotatable bonds is 1. The number of aromatic nitrogens is 1. The molecule has 0 atom stereocenters. The Morgan fingerprint density at radius 3 is 1.64 bits per heavy atom. The van der Waals surface area contributed by atoms with E-state index in [1.165, 1.54) is 0 Å². The van der Waals surface area contributed by atoms with Crippen LogP contribution >= 0.6 is 0 Å². The molecule has 0 spiro atoms. The van der Waals surface area contributed by atoms with Crippen molar-refractivity contribution in [1.29, 1.82) is 0 Å². The first kappa shape index (κ1) is 16.1. The molecule has 1 aromatic carbocycles. The Labute approximate surface area is 116 Å². The van der Waals surface area contributed by atoms with Gasteiger partial charge in [-0.05, 0) is 6.07 Å². The third-order valence-corrected chi connectivity index (χ3v) is 2.63. The number of nitrogens with zero attached hydrogens (tertiary/aromatic N) is 1. The van der Waals surface area contributed by atoms with Crippen molar-refractivity contribution >= 4 is 0 Å². The molecule has 0 N–H and O–H groups in total. The first-order valence-corrected chi connectivity index (χ1v) is 5.30. The monoisotopic (exact) mass is 331 g/mol. The predicted molar refractivity (Wildman–Crippen MR) is 54.4 cm³/mol. The van der Waals surface area contributed by atoms with Crippen molar-refractivity contribution in [2.24, 2.45) is 0 Å². The number of hydrogen-bond donors (Lipinski definition) is 0. The number of benzene rings is 1. The van der Waals surface area contributed by atoms with E-state index in [1.54, 1.807) is 0 Å². The second-order valence-electron chi connectivity index (χ2n) is 3.96. The zero-order valence-electron chi connectivity index (χ0n) is 10.0. The van der Waals surface area contributed by atoms with E-state index in [9.17, 15) is 39.5 Å². The molecule has 1 aromatic heterocycles. The van der Waals surface area contributed by atoms with Gasteiger partial charge in [-0.15, -0.1) is 0 Å². The van der Waals surface area contributed by atoms with Crippen LogP contribution in [0.2, 0.25) is 0 Å². The number of halogens is 9. The lowest BCUT2D eigenvalue weighted by molar-refractivity contribution is -0.139. The van der Waals surface area contributed by atoms with E-state index in [0.717, 1.165) is 0 Å². The van der Waals surface area contributed by atoms with Crippen molar-refractivity contribution in [3.05, 3.63) is 52.7 Å². The Balaban J connectivity index is 2.94. The largest absolute Gasteiger partial charge is 0.421 e. The summed E-state index contributed by atoms with van der Waals surface area (Å²) < 4.78 is 118. The maximum absolute atomic E-state index is 13.5. The zero-order valence-corrected chi connectivity index (χ0v) is 10.0. The van der Waals surface area contributed by atoms with E-state index in [0.29, 0.717) is 6.20 Å². The average Bonchev–Trinajstić information content (AvgIpc) is 2.42. The highest BCUT2D eigenvalue weighted by molar-refractivity contribution is 5.66. The molecule has 1 nitrogen and oxygen atoms in total. The molecule has 10 heteroatoms. The van der Waals surface area contributed by atoms with Crippen molar-refractivity contribution in [2.45, 2.75) is 6.18 Å². The highest BCUT2D eigenvalue weighted by atomic mass is 19.4. The molecule has 0 saturated carbocycles. The molecule has 0 fully saturated rings. The normalized spacial score (nSPS) is 11.9. The third-order valence-electron chi connectivity index (χ3n) is 2.63. The summed E-state index contributed by atoms with van der Waals surface area (Å²) in [5.41, 5.74) is -5.93. The summed E-state index contributed by atoms with van der Waals surface area (Å²) in [5.74, 6) is -14.5. The van der Waals surface area contributed by atoms with E-state index >= 15 is 0 Å². The van der Waals surface area contributed by atoms with E-state index in [4.69, 9.17) is 0 Å². The first-order chi connectivity index (χ1) is 10.1. The van der Waals surface area contributed by atoms with Crippen LogP contribution in [0.4, 0.5) is 39.5 Å². The van der Waals surface area contributed by atoms with E-state index in [1.807, 2.05) is 0 Å². The lowest BCUT2D eigenvalue weighted by Crippen LogP contribution is -2.14. The highest BCUT2D eigenvalue weighted by Gasteiger charge is 2.40. The molecular formula is C12H2F9N. The molecule has 0 radical (unpaired) electrons. The Morgan fingerprint density at radius 1 is 0.727 bits per heavy atom. The minimum absolute atomic E-state index is 0.234. The lowest BCUT2D eigenvalue weighted by atomic mass is 10.0. The second-order valence-corrected chi connectivity index (χ2v) is 3.96. The molecule has 2 rings (SSSR count). The molecule has 0 saturated heterocycles. The molecule has 0 aliphatic rings. The van der Waals surface area contributed by atoms with Gasteiger partial charge < -0.3 is 0 Å². The van der Waals surface area contributed by atoms with Crippen molar-refractivity contribution in [1.82, 2.24) is 4.98 Å².